The summed E-state index contributed by atoms with van der Waals surface area (Å²) in [7, 11) is 1.30. The Bertz CT molecular complexity index is 998. The van der Waals surface area contributed by atoms with Crippen molar-refractivity contribution in [2.75, 3.05) is 13.7 Å². The van der Waals surface area contributed by atoms with Gasteiger partial charge in [0.2, 0.25) is 0 Å². The van der Waals surface area contributed by atoms with Crippen LogP contribution in [-0.2, 0) is 21.4 Å². The number of aliphatic hydroxyl groups excluding tert-OH is 1. The number of methoxy groups -OCH3 is 1. The summed E-state index contributed by atoms with van der Waals surface area (Å²) < 4.78 is 4.60. The van der Waals surface area contributed by atoms with Crippen LogP contribution in [0.2, 0.25) is 0 Å². The quantitative estimate of drug-likeness (QED) is 0.421. The molecule has 0 saturated heterocycles. The van der Waals surface area contributed by atoms with Gasteiger partial charge in [-0.05, 0) is 73.8 Å². The fourth-order valence-electron chi connectivity index (χ4n) is 4.39. The highest BCUT2D eigenvalue weighted by molar-refractivity contribution is 7.12. The Morgan fingerprint density at radius 1 is 1.09 bits per heavy atom. The van der Waals surface area contributed by atoms with Crippen molar-refractivity contribution in [3.05, 3.63) is 56.3 Å². The van der Waals surface area contributed by atoms with E-state index in [0.29, 0.717) is 5.56 Å². The van der Waals surface area contributed by atoms with E-state index in [1.54, 1.807) is 0 Å². The second-order valence-electron chi connectivity index (χ2n) is 10.2. The zero-order chi connectivity index (χ0) is 25.7. The first-order chi connectivity index (χ1) is 15.9. The minimum absolute atomic E-state index is 0.118. The predicted octanol–water partition coefficient (Wildman–Crippen LogP) is 5.71. The summed E-state index contributed by atoms with van der Waals surface area (Å²) in [4.78, 5) is 26.6. The molecular formula is C28H41NO4S. The molecule has 0 spiro atoms. The lowest BCUT2D eigenvalue weighted by Crippen LogP contribution is -2.31. The number of aliphatic hydroxyl groups is 1. The smallest absolute Gasteiger partial charge is 0.325 e. The lowest BCUT2D eigenvalue weighted by Gasteiger charge is -2.32. The van der Waals surface area contributed by atoms with Crippen LogP contribution in [0.5, 0.6) is 0 Å². The van der Waals surface area contributed by atoms with E-state index in [1.807, 2.05) is 30.4 Å². The summed E-state index contributed by atoms with van der Waals surface area (Å²) in [5.41, 5.74) is 3.67. The molecule has 2 aromatic rings. The van der Waals surface area contributed by atoms with Gasteiger partial charge in [0.25, 0.3) is 5.91 Å². The van der Waals surface area contributed by atoms with Crippen LogP contribution >= 0.6 is 11.3 Å². The van der Waals surface area contributed by atoms with Crippen LogP contribution in [0.3, 0.4) is 0 Å². The van der Waals surface area contributed by atoms with Gasteiger partial charge in [-0.1, -0.05) is 46.8 Å². The number of hydrogen-bond donors (Lipinski definition) is 2. The monoisotopic (exact) mass is 487 g/mol. The van der Waals surface area contributed by atoms with Crippen LogP contribution in [0.15, 0.2) is 24.3 Å². The van der Waals surface area contributed by atoms with Gasteiger partial charge in [0.05, 0.1) is 13.2 Å². The van der Waals surface area contributed by atoms with Crippen molar-refractivity contribution in [1.29, 1.82) is 0 Å². The largest absolute Gasteiger partial charge is 0.468 e. The minimum Gasteiger partial charge on any atom is -0.468 e. The number of carbonyl (C=O) groups excluding carboxylic acids is 2. The Labute approximate surface area is 208 Å². The van der Waals surface area contributed by atoms with Crippen molar-refractivity contribution in [3.8, 4) is 0 Å². The van der Waals surface area contributed by atoms with E-state index in [2.05, 4.69) is 63.7 Å². The number of esters is 1. The molecule has 2 rings (SSSR count). The minimum atomic E-state index is -0.475. The molecule has 0 radical (unpaired) electrons. The molecule has 0 aliphatic rings. The van der Waals surface area contributed by atoms with Gasteiger partial charge in [-0.2, -0.15) is 0 Å². The highest BCUT2D eigenvalue weighted by atomic mass is 32.1. The van der Waals surface area contributed by atoms with Crippen molar-refractivity contribution in [2.24, 2.45) is 5.41 Å². The predicted molar refractivity (Wildman–Crippen MR) is 140 cm³/mol. The average Bonchev–Trinajstić information content (AvgIpc) is 3.16. The number of carbonyl (C=O) groups is 2. The maximum atomic E-state index is 12.6. The standard InChI is InChI=1S/C28H41NO4S/c1-9-28(10-2,24-16-19(4)22(34-24)13-14-23(30)27(5,6)7)20-11-12-21(18(3)15-20)26(32)29-17-25(31)33-8/h11-12,15-16,23,30H,9-10,13-14,17H2,1-8H3,(H,29,32). The van der Waals surface area contributed by atoms with Gasteiger partial charge in [0.15, 0.2) is 0 Å². The second-order valence-corrected chi connectivity index (χ2v) is 11.4. The number of thiophene rings is 1. The molecule has 0 fully saturated rings. The van der Waals surface area contributed by atoms with Crippen molar-refractivity contribution in [1.82, 2.24) is 5.32 Å². The molecule has 1 aromatic heterocycles. The van der Waals surface area contributed by atoms with Gasteiger partial charge in [0.1, 0.15) is 6.54 Å². The molecule has 0 saturated carbocycles. The first-order valence-electron chi connectivity index (χ1n) is 12.1. The van der Waals surface area contributed by atoms with Gasteiger partial charge >= 0.3 is 5.97 Å². The molecule has 188 valence electrons. The Balaban J connectivity index is 2.33. The molecule has 1 unspecified atom stereocenters. The summed E-state index contributed by atoms with van der Waals surface area (Å²) in [5.74, 6) is -0.753. The van der Waals surface area contributed by atoms with Crippen molar-refractivity contribution in [2.45, 2.75) is 85.7 Å². The summed E-state index contributed by atoms with van der Waals surface area (Å²) in [6, 6.07) is 8.32. The third-order valence-electron chi connectivity index (χ3n) is 6.99. The molecule has 1 amide bonds. The van der Waals surface area contributed by atoms with E-state index in [-0.39, 0.29) is 29.4 Å². The van der Waals surface area contributed by atoms with Gasteiger partial charge in [-0.25, -0.2) is 0 Å². The summed E-state index contributed by atoms with van der Waals surface area (Å²) in [6.45, 7) is 14.6. The number of aryl methyl sites for hydroxylation is 3. The van der Waals surface area contributed by atoms with E-state index in [1.165, 1.54) is 28.0 Å². The molecule has 5 nitrogen and oxygen atoms in total. The van der Waals surface area contributed by atoms with Crippen molar-refractivity contribution < 1.29 is 19.4 Å². The third-order valence-corrected chi connectivity index (χ3v) is 8.49. The van der Waals surface area contributed by atoms with Gasteiger partial charge in [-0.15, -0.1) is 11.3 Å². The van der Waals surface area contributed by atoms with Crippen LogP contribution in [0, 0.1) is 19.3 Å². The van der Waals surface area contributed by atoms with Crippen LogP contribution in [0.4, 0.5) is 0 Å². The maximum absolute atomic E-state index is 12.6. The molecule has 0 aliphatic heterocycles. The molecule has 0 aliphatic carbocycles. The summed E-state index contributed by atoms with van der Waals surface area (Å²) in [5, 5.41) is 13.1. The van der Waals surface area contributed by atoms with Crippen molar-refractivity contribution in [3.63, 3.8) is 0 Å². The number of rotatable bonds is 10. The SMILES string of the molecule is CCC(CC)(c1ccc(C(=O)NCC(=O)OC)c(C)c1)c1cc(C)c(CCC(O)C(C)(C)C)s1. The third kappa shape index (κ3) is 6.28. The Kier molecular flexibility index (Phi) is 9.49. The first kappa shape index (κ1) is 28.1. The number of nitrogens with one attached hydrogen (secondary N) is 1. The topological polar surface area (TPSA) is 75.6 Å². The Hall–Kier alpha value is -2.18. The molecular weight excluding hydrogens is 446 g/mol. The van der Waals surface area contributed by atoms with Gasteiger partial charge in [-0.3, -0.25) is 9.59 Å². The van der Waals surface area contributed by atoms with Gasteiger partial charge in [0, 0.05) is 20.7 Å². The lowest BCUT2D eigenvalue weighted by atomic mass is 9.73. The number of ether oxygens (including phenoxy) is 1. The average molecular weight is 488 g/mol. The van der Waals surface area contributed by atoms with Crippen LogP contribution in [-0.4, -0.2) is 36.7 Å². The number of amides is 1. The Morgan fingerprint density at radius 2 is 1.74 bits per heavy atom. The molecule has 1 atom stereocenters. The van der Waals surface area contributed by atoms with E-state index in [0.717, 1.165) is 31.2 Å². The highest BCUT2D eigenvalue weighted by Crippen LogP contribution is 2.44. The molecule has 1 aromatic carbocycles. The van der Waals surface area contributed by atoms with Crippen LogP contribution in [0.1, 0.15) is 90.7 Å². The number of benzene rings is 1. The zero-order valence-electron chi connectivity index (χ0n) is 22.0. The van der Waals surface area contributed by atoms with E-state index in [9.17, 15) is 14.7 Å². The number of hydrogen-bond acceptors (Lipinski definition) is 5. The molecule has 2 N–H and O–H groups in total. The first-order valence-corrected chi connectivity index (χ1v) is 12.9. The molecule has 6 heteroatoms. The summed E-state index contributed by atoms with van der Waals surface area (Å²) in [6.07, 6.45) is 3.18. The molecule has 34 heavy (non-hydrogen) atoms. The van der Waals surface area contributed by atoms with Crippen LogP contribution in [0.25, 0.3) is 0 Å². The Morgan fingerprint density at radius 3 is 2.26 bits per heavy atom. The maximum Gasteiger partial charge on any atom is 0.325 e. The zero-order valence-corrected chi connectivity index (χ0v) is 22.8. The molecule has 1 heterocycles. The normalized spacial score (nSPS) is 13.0. The highest BCUT2D eigenvalue weighted by Gasteiger charge is 2.33. The molecule has 0 bridgehead atoms. The lowest BCUT2D eigenvalue weighted by molar-refractivity contribution is -0.139. The van der Waals surface area contributed by atoms with Crippen LogP contribution < -0.4 is 5.32 Å². The van der Waals surface area contributed by atoms with E-state index in [4.69, 9.17) is 0 Å². The van der Waals surface area contributed by atoms with E-state index >= 15 is 0 Å². The van der Waals surface area contributed by atoms with E-state index < -0.39 is 5.97 Å². The van der Waals surface area contributed by atoms with Gasteiger partial charge < -0.3 is 15.2 Å². The van der Waals surface area contributed by atoms with Crippen molar-refractivity contribution >= 4 is 23.2 Å². The summed E-state index contributed by atoms with van der Waals surface area (Å²) >= 11 is 1.85. The second kappa shape index (κ2) is 11.5. The fourth-order valence-corrected chi connectivity index (χ4v) is 5.93. The fraction of sp³-hybridized carbons (Fsp3) is 0.571.